The first-order valence-corrected chi connectivity index (χ1v) is 9.18. The van der Waals surface area contributed by atoms with Crippen LogP contribution in [0.1, 0.15) is 36.1 Å². The number of anilines is 2. The van der Waals surface area contributed by atoms with Gasteiger partial charge in [0.15, 0.2) is 5.11 Å². The van der Waals surface area contributed by atoms with Crippen LogP contribution in [0.5, 0.6) is 0 Å². The fraction of sp³-hybridized carbons (Fsp3) is 0.286. The van der Waals surface area contributed by atoms with Crippen LogP contribution < -0.4 is 9.80 Å². The van der Waals surface area contributed by atoms with Crippen molar-refractivity contribution in [1.82, 2.24) is 0 Å². The summed E-state index contributed by atoms with van der Waals surface area (Å²) in [6, 6.07) is 11.3. The van der Waals surface area contributed by atoms with Crippen LogP contribution in [0.3, 0.4) is 0 Å². The van der Waals surface area contributed by atoms with Crippen molar-refractivity contribution in [3.05, 3.63) is 58.7 Å². The fourth-order valence-electron chi connectivity index (χ4n) is 3.54. The van der Waals surface area contributed by atoms with Crippen molar-refractivity contribution in [1.29, 1.82) is 5.26 Å². The zero-order chi connectivity index (χ0) is 21.7. The molecule has 1 fully saturated rings. The molecule has 0 radical (unpaired) electrons. The average Bonchev–Trinajstić information content (AvgIpc) is 2.80. The summed E-state index contributed by atoms with van der Waals surface area (Å²) in [4.78, 5) is 16.0. The van der Waals surface area contributed by atoms with Crippen molar-refractivity contribution >= 4 is 34.6 Å². The Morgan fingerprint density at radius 3 is 2.17 bits per heavy atom. The lowest BCUT2D eigenvalue weighted by molar-refractivity contribution is -0.138. The molecule has 1 aliphatic heterocycles. The number of amides is 1. The van der Waals surface area contributed by atoms with Gasteiger partial charge in [0.05, 0.1) is 22.9 Å². The van der Waals surface area contributed by atoms with Gasteiger partial charge in [0.25, 0.3) is 5.91 Å². The molecule has 0 aromatic heterocycles. The first-order valence-electron chi connectivity index (χ1n) is 8.77. The zero-order valence-corrected chi connectivity index (χ0v) is 17.1. The Morgan fingerprint density at radius 2 is 1.66 bits per heavy atom. The lowest BCUT2D eigenvalue weighted by Gasteiger charge is -2.29. The normalized spacial score (nSPS) is 16.3. The SMILES string of the molecule is Cc1ccc(N2C(=S)N(c3ccc(C#N)c(C(F)(F)F)c3C)C(=O)C2(C)C)cc1. The quantitative estimate of drug-likeness (QED) is 0.637. The van der Waals surface area contributed by atoms with E-state index in [4.69, 9.17) is 17.5 Å². The summed E-state index contributed by atoms with van der Waals surface area (Å²) in [5, 5.41) is 9.19. The molecule has 150 valence electrons. The molecular formula is C21H18F3N3OS. The van der Waals surface area contributed by atoms with Crippen molar-refractivity contribution in [2.24, 2.45) is 0 Å². The number of rotatable bonds is 2. The molecule has 2 aromatic rings. The summed E-state index contributed by atoms with van der Waals surface area (Å²) >= 11 is 5.53. The summed E-state index contributed by atoms with van der Waals surface area (Å²) in [5.41, 5.74) is -1.14. The van der Waals surface area contributed by atoms with Gasteiger partial charge >= 0.3 is 6.18 Å². The van der Waals surface area contributed by atoms with Crippen molar-refractivity contribution in [2.45, 2.75) is 39.4 Å². The third-order valence-electron chi connectivity index (χ3n) is 5.04. The van der Waals surface area contributed by atoms with Gasteiger partial charge in [-0.05, 0) is 69.7 Å². The molecule has 0 atom stereocenters. The van der Waals surface area contributed by atoms with Gasteiger partial charge < -0.3 is 4.90 Å². The Bertz CT molecular complexity index is 1050. The second kappa shape index (κ2) is 6.85. The maximum Gasteiger partial charge on any atom is 0.418 e. The van der Waals surface area contributed by atoms with Crippen LogP contribution >= 0.6 is 12.2 Å². The zero-order valence-electron chi connectivity index (χ0n) is 16.3. The van der Waals surface area contributed by atoms with Crippen LogP contribution in [0.25, 0.3) is 0 Å². The summed E-state index contributed by atoms with van der Waals surface area (Å²) in [6.45, 7) is 6.51. The van der Waals surface area contributed by atoms with Crippen LogP contribution in [0.4, 0.5) is 24.5 Å². The molecule has 29 heavy (non-hydrogen) atoms. The van der Waals surface area contributed by atoms with E-state index in [-0.39, 0.29) is 16.4 Å². The van der Waals surface area contributed by atoms with Gasteiger partial charge in [-0.25, -0.2) is 0 Å². The molecule has 0 N–H and O–H groups in total. The Labute approximate surface area is 172 Å². The van der Waals surface area contributed by atoms with Crippen molar-refractivity contribution < 1.29 is 18.0 Å². The molecule has 1 amide bonds. The molecular weight excluding hydrogens is 399 g/mol. The van der Waals surface area contributed by atoms with E-state index in [1.165, 1.54) is 13.0 Å². The fourth-order valence-corrected chi connectivity index (χ4v) is 4.05. The summed E-state index contributed by atoms with van der Waals surface area (Å²) < 4.78 is 40.8. The van der Waals surface area contributed by atoms with Crippen LogP contribution in [0, 0.1) is 25.2 Å². The molecule has 0 bridgehead atoms. The van der Waals surface area contributed by atoms with E-state index >= 15 is 0 Å². The highest BCUT2D eigenvalue weighted by Gasteiger charge is 2.51. The predicted octanol–water partition coefficient (Wildman–Crippen LogP) is 5.11. The van der Waals surface area contributed by atoms with E-state index in [0.717, 1.165) is 16.5 Å². The minimum atomic E-state index is -4.73. The van der Waals surface area contributed by atoms with Crippen LogP contribution in [0.15, 0.2) is 36.4 Å². The largest absolute Gasteiger partial charge is 0.418 e. The molecule has 1 saturated heterocycles. The van der Waals surface area contributed by atoms with Gasteiger partial charge in [0.1, 0.15) is 5.54 Å². The molecule has 0 saturated carbocycles. The predicted molar refractivity (Wildman–Crippen MR) is 109 cm³/mol. The maximum atomic E-state index is 13.6. The summed E-state index contributed by atoms with van der Waals surface area (Å²) in [5.74, 6) is -0.441. The molecule has 0 spiro atoms. The monoisotopic (exact) mass is 417 g/mol. The number of nitrogens with zero attached hydrogens (tertiary/aromatic N) is 3. The topological polar surface area (TPSA) is 47.3 Å². The van der Waals surface area contributed by atoms with E-state index in [9.17, 15) is 18.0 Å². The van der Waals surface area contributed by atoms with Gasteiger partial charge in [0.2, 0.25) is 0 Å². The minimum Gasteiger partial charge on any atom is -0.304 e. The number of alkyl halides is 3. The third kappa shape index (κ3) is 3.25. The van der Waals surface area contributed by atoms with E-state index in [1.807, 2.05) is 31.2 Å². The Hall–Kier alpha value is -2.92. The Morgan fingerprint density at radius 1 is 1.07 bits per heavy atom. The van der Waals surface area contributed by atoms with Crippen molar-refractivity contribution in [3.63, 3.8) is 0 Å². The van der Waals surface area contributed by atoms with E-state index < -0.39 is 28.7 Å². The van der Waals surface area contributed by atoms with Gasteiger partial charge in [-0.1, -0.05) is 17.7 Å². The molecule has 2 aromatic carbocycles. The molecule has 0 aliphatic carbocycles. The first kappa shape index (κ1) is 20.8. The number of aryl methyl sites for hydroxylation is 1. The molecule has 1 heterocycles. The average molecular weight is 417 g/mol. The molecule has 0 unspecified atom stereocenters. The lowest BCUT2D eigenvalue weighted by atomic mass is 9.98. The number of halogens is 3. The second-order valence-corrected chi connectivity index (χ2v) is 7.76. The van der Waals surface area contributed by atoms with Crippen LogP contribution in [-0.2, 0) is 11.0 Å². The highest BCUT2D eigenvalue weighted by atomic mass is 32.1. The number of hydrogen-bond acceptors (Lipinski definition) is 3. The summed E-state index contributed by atoms with van der Waals surface area (Å²) in [6.07, 6.45) is -4.73. The highest BCUT2D eigenvalue weighted by molar-refractivity contribution is 7.81. The number of carbonyl (C=O) groups excluding carboxylic acids is 1. The van der Waals surface area contributed by atoms with Gasteiger partial charge in [-0.3, -0.25) is 9.69 Å². The maximum absolute atomic E-state index is 13.6. The number of benzene rings is 2. The Balaban J connectivity index is 2.18. The smallest absolute Gasteiger partial charge is 0.304 e. The highest BCUT2D eigenvalue weighted by Crippen LogP contribution is 2.42. The van der Waals surface area contributed by atoms with Crippen LogP contribution in [-0.4, -0.2) is 16.6 Å². The molecule has 8 heteroatoms. The van der Waals surface area contributed by atoms with Crippen LogP contribution in [0.2, 0.25) is 0 Å². The second-order valence-electron chi connectivity index (χ2n) is 7.39. The van der Waals surface area contributed by atoms with Crippen molar-refractivity contribution in [3.8, 4) is 6.07 Å². The third-order valence-corrected chi connectivity index (χ3v) is 5.41. The van der Waals surface area contributed by atoms with Crippen molar-refractivity contribution in [2.75, 3.05) is 9.80 Å². The molecule has 3 rings (SSSR count). The van der Waals surface area contributed by atoms with E-state index in [1.54, 1.807) is 24.8 Å². The van der Waals surface area contributed by atoms with E-state index in [2.05, 4.69) is 0 Å². The summed E-state index contributed by atoms with van der Waals surface area (Å²) in [7, 11) is 0. The van der Waals surface area contributed by atoms with E-state index in [0.29, 0.717) is 5.69 Å². The number of nitriles is 1. The lowest BCUT2D eigenvalue weighted by Crippen LogP contribution is -2.44. The number of carbonyl (C=O) groups is 1. The Kier molecular flexibility index (Phi) is 4.91. The molecule has 1 aliphatic rings. The first-order chi connectivity index (χ1) is 13.4. The van der Waals surface area contributed by atoms with Gasteiger partial charge in [0, 0.05) is 5.69 Å². The van der Waals surface area contributed by atoms with Gasteiger partial charge in [-0.15, -0.1) is 0 Å². The standard InChI is InChI=1S/C21H18F3N3OS/c1-12-5-8-15(9-6-12)27-19(29)26(18(28)20(27,3)4)16-10-7-14(11-25)17(13(16)2)21(22,23)24/h5-10H,1-4H3. The number of thiocarbonyl (C=S) groups is 1. The minimum absolute atomic E-state index is 0.0222. The molecule has 4 nitrogen and oxygen atoms in total. The number of hydrogen-bond donors (Lipinski definition) is 0. The van der Waals surface area contributed by atoms with Gasteiger partial charge in [-0.2, -0.15) is 18.4 Å².